The minimum Gasteiger partial charge on any atom is -0.497 e. The molecule has 118 valence electrons. The summed E-state index contributed by atoms with van der Waals surface area (Å²) in [5, 5.41) is 9.36. The van der Waals surface area contributed by atoms with Crippen LogP contribution in [0.4, 0.5) is 5.69 Å². The first-order chi connectivity index (χ1) is 9.97. The third-order valence-corrected chi connectivity index (χ3v) is 5.34. The topological polar surface area (TPSA) is 78.9 Å². The van der Waals surface area contributed by atoms with Crippen molar-refractivity contribution in [3.63, 3.8) is 0 Å². The molecule has 6 nitrogen and oxygen atoms in total. The van der Waals surface area contributed by atoms with Gasteiger partial charge in [0, 0.05) is 12.6 Å². The zero-order chi connectivity index (χ0) is 15.5. The molecule has 1 aromatic carbocycles. The second kappa shape index (κ2) is 6.64. The van der Waals surface area contributed by atoms with Gasteiger partial charge >= 0.3 is 10.2 Å². The molecule has 7 heteroatoms. The lowest BCUT2D eigenvalue weighted by Gasteiger charge is -2.33. The molecule has 0 aliphatic carbocycles. The molecular formula is C14H22N2O4S. The van der Waals surface area contributed by atoms with Crippen molar-refractivity contribution < 1.29 is 18.3 Å². The molecule has 1 atom stereocenters. The minimum atomic E-state index is -3.66. The number of aliphatic hydroxyl groups excluding tert-OH is 1. The van der Waals surface area contributed by atoms with Crippen LogP contribution < -0.4 is 9.46 Å². The summed E-state index contributed by atoms with van der Waals surface area (Å²) in [5.74, 6) is 0.682. The molecule has 21 heavy (non-hydrogen) atoms. The molecule has 0 radical (unpaired) electrons. The number of benzene rings is 1. The van der Waals surface area contributed by atoms with Gasteiger partial charge in [-0.1, -0.05) is 6.42 Å². The highest BCUT2D eigenvalue weighted by Crippen LogP contribution is 2.25. The summed E-state index contributed by atoms with van der Waals surface area (Å²) in [4.78, 5) is 0. The number of hydrogen-bond acceptors (Lipinski definition) is 4. The maximum absolute atomic E-state index is 12.5. The Labute approximate surface area is 125 Å². The smallest absolute Gasteiger partial charge is 0.301 e. The number of rotatable bonds is 5. The second-order valence-corrected chi connectivity index (χ2v) is 6.85. The Morgan fingerprint density at radius 2 is 2.19 bits per heavy atom. The van der Waals surface area contributed by atoms with Crippen LogP contribution in [-0.4, -0.2) is 44.1 Å². The zero-order valence-corrected chi connectivity index (χ0v) is 13.2. The van der Waals surface area contributed by atoms with Gasteiger partial charge in [-0.2, -0.15) is 12.7 Å². The normalized spacial score (nSPS) is 20.2. The molecule has 1 saturated heterocycles. The molecule has 0 saturated carbocycles. The monoisotopic (exact) mass is 314 g/mol. The SMILES string of the molecule is COc1ccc(NS(=O)(=O)N2CCCCC2CO)c(C)c1. The Balaban J connectivity index is 2.20. The quantitative estimate of drug-likeness (QED) is 0.863. The summed E-state index contributed by atoms with van der Waals surface area (Å²) in [6, 6.07) is 4.83. The lowest BCUT2D eigenvalue weighted by atomic mass is 10.1. The molecule has 0 spiro atoms. The summed E-state index contributed by atoms with van der Waals surface area (Å²) >= 11 is 0. The van der Waals surface area contributed by atoms with E-state index in [2.05, 4.69) is 4.72 Å². The van der Waals surface area contributed by atoms with Crippen LogP contribution in [0, 0.1) is 6.92 Å². The Morgan fingerprint density at radius 3 is 2.81 bits per heavy atom. The maximum atomic E-state index is 12.5. The van der Waals surface area contributed by atoms with Crippen LogP contribution in [0.25, 0.3) is 0 Å². The Kier molecular flexibility index (Phi) is 5.08. The molecule has 1 unspecified atom stereocenters. The number of hydrogen-bond donors (Lipinski definition) is 2. The van der Waals surface area contributed by atoms with Gasteiger partial charge in [-0.05, 0) is 43.5 Å². The number of ether oxygens (including phenoxy) is 1. The minimum absolute atomic E-state index is 0.150. The molecule has 2 rings (SSSR count). The van der Waals surface area contributed by atoms with Gasteiger partial charge in [0.25, 0.3) is 0 Å². The molecule has 2 N–H and O–H groups in total. The number of aliphatic hydroxyl groups is 1. The average molecular weight is 314 g/mol. The van der Waals surface area contributed by atoms with Gasteiger partial charge in [-0.15, -0.1) is 0 Å². The summed E-state index contributed by atoms with van der Waals surface area (Å²) in [6.07, 6.45) is 2.46. The van der Waals surface area contributed by atoms with Gasteiger partial charge in [0.15, 0.2) is 0 Å². The van der Waals surface area contributed by atoms with E-state index in [1.165, 1.54) is 4.31 Å². The standard InChI is InChI=1S/C14H22N2O4S/c1-11-9-13(20-2)6-7-14(11)15-21(18,19)16-8-4-3-5-12(16)10-17/h6-7,9,12,15,17H,3-5,8,10H2,1-2H3. The number of anilines is 1. The first-order valence-electron chi connectivity index (χ1n) is 7.03. The van der Waals surface area contributed by atoms with E-state index in [1.807, 2.05) is 6.92 Å². The molecule has 1 fully saturated rings. The van der Waals surface area contributed by atoms with E-state index in [0.717, 1.165) is 18.4 Å². The lowest BCUT2D eigenvalue weighted by Crippen LogP contribution is -2.48. The highest BCUT2D eigenvalue weighted by Gasteiger charge is 2.32. The fraction of sp³-hybridized carbons (Fsp3) is 0.571. The lowest BCUT2D eigenvalue weighted by molar-refractivity contribution is 0.156. The molecule has 0 bridgehead atoms. The largest absolute Gasteiger partial charge is 0.497 e. The van der Waals surface area contributed by atoms with Gasteiger partial charge in [0.2, 0.25) is 0 Å². The van der Waals surface area contributed by atoms with Crippen molar-refractivity contribution >= 4 is 15.9 Å². The number of methoxy groups -OCH3 is 1. The van der Waals surface area contributed by atoms with Crippen molar-refractivity contribution in [2.24, 2.45) is 0 Å². The van der Waals surface area contributed by atoms with Crippen LogP contribution in [0.1, 0.15) is 24.8 Å². The van der Waals surface area contributed by atoms with Crippen molar-refractivity contribution in [1.29, 1.82) is 0 Å². The Hall–Kier alpha value is -1.31. The van der Waals surface area contributed by atoms with Gasteiger partial charge in [0.1, 0.15) is 5.75 Å². The van der Waals surface area contributed by atoms with Crippen molar-refractivity contribution in [3.8, 4) is 5.75 Å². The van der Waals surface area contributed by atoms with Crippen molar-refractivity contribution in [2.45, 2.75) is 32.2 Å². The van der Waals surface area contributed by atoms with Crippen LogP contribution in [0.2, 0.25) is 0 Å². The van der Waals surface area contributed by atoms with Crippen LogP contribution in [0.3, 0.4) is 0 Å². The zero-order valence-electron chi connectivity index (χ0n) is 12.4. The molecular weight excluding hydrogens is 292 g/mol. The molecule has 1 heterocycles. The van der Waals surface area contributed by atoms with E-state index in [4.69, 9.17) is 4.74 Å². The van der Waals surface area contributed by atoms with Gasteiger partial charge in [0.05, 0.1) is 19.4 Å². The third-order valence-electron chi connectivity index (χ3n) is 3.77. The fourth-order valence-electron chi connectivity index (χ4n) is 2.55. The fourth-order valence-corrected chi connectivity index (χ4v) is 4.11. The first-order valence-corrected chi connectivity index (χ1v) is 8.47. The first kappa shape index (κ1) is 16.1. The van der Waals surface area contributed by atoms with E-state index in [1.54, 1.807) is 25.3 Å². The molecule has 0 aromatic heterocycles. The highest BCUT2D eigenvalue weighted by atomic mass is 32.2. The predicted octanol–water partition coefficient (Wildman–Crippen LogP) is 1.51. The molecule has 0 amide bonds. The molecule has 1 aliphatic rings. The summed E-state index contributed by atoms with van der Waals surface area (Å²) in [6.45, 7) is 2.11. The van der Waals surface area contributed by atoms with Crippen molar-refractivity contribution in [2.75, 3.05) is 25.0 Å². The van der Waals surface area contributed by atoms with Crippen LogP contribution in [0.5, 0.6) is 5.75 Å². The van der Waals surface area contributed by atoms with Gasteiger partial charge in [-0.3, -0.25) is 4.72 Å². The predicted molar refractivity (Wildman–Crippen MR) is 81.7 cm³/mol. The van der Waals surface area contributed by atoms with E-state index < -0.39 is 10.2 Å². The van der Waals surface area contributed by atoms with Crippen molar-refractivity contribution in [3.05, 3.63) is 23.8 Å². The van der Waals surface area contributed by atoms with E-state index in [-0.39, 0.29) is 12.6 Å². The molecule has 1 aliphatic heterocycles. The van der Waals surface area contributed by atoms with Gasteiger partial charge < -0.3 is 9.84 Å². The van der Waals surface area contributed by atoms with Crippen LogP contribution >= 0.6 is 0 Å². The summed E-state index contributed by atoms with van der Waals surface area (Å²) in [7, 11) is -2.09. The van der Waals surface area contributed by atoms with Crippen LogP contribution in [0.15, 0.2) is 18.2 Å². The van der Waals surface area contributed by atoms with E-state index in [0.29, 0.717) is 24.4 Å². The van der Waals surface area contributed by atoms with Crippen LogP contribution in [-0.2, 0) is 10.2 Å². The summed E-state index contributed by atoms with van der Waals surface area (Å²) < 4.78 is 34.1. The van der Waals surface area contributed by atoms with Crippen molar-refractivity contribution in [1.82, 2.24) is 4.31 Å². The van der Waals surface area contributed by atoms with E-state index >= 15 is 0 Å². The number of nitrogens with one attached hydrogen (secondary N) is 1. The molecule has 1 aromatic rings. The highest BCUT2D eigenvalue weighted by molar-refractivity contribution is 7.90. The number of nitrogens with zero attached hydrogens (tertiary/aromatic N) is 1. The Bertz CT molecular complexity index is 589. The summed E-state index contributed by atoms with van der Waals surface area (Å²) in [5.41, 5.74) is 1.31. The van der Waals surface area contributed by atoms with E-state index in [9.17, 15) is 13.5 Å². The number of piperidine rings is 1. The Morgan fingerprint density at radius 1 is 1.43 bits per heavy atom. The van der Waals surface area contributed by atoms with Gasteiger partial charge in [-0.25, -0.2) is 0 Å². The second-order valence-electron chi connectivity index (χ2n) is 5.23. The number of aryl methyl sites for hydroxylation is 1. The third kappa shape index (κ3) is 3.66. The maximum Gasteiger partial charge on any atom is 0.301 e. The average Bonchev–Trinajstić information content (AvgIpc) is 2.49.